The summed E-state index contributed by atoms with van der Waals surface area (Å²) in [4.78, 5) is 31.0. The SMILES string of the molecule is Cc1cc(Br)cc(C)c1N1CCCC(NC(=O)c2ccccc2Cn2cc(CCN3CC(O)(C(C)C)C3)nn2)C1=O. The third kappa shape index (κ3) is 6.39. The van der Waals surface area contributed by atoms with Crippen molar-refractivity contribution in [2.24, 2.45) is 5.92 Å². The number of hydrogen-bond donors (Lipinski definition) is 2. The summed E-state index contributed by atoms with van der Waals surface area (Å²) >= 11 is 3.53. The van der Waals surface area contributed by atoms with E-state index in [2.05, 4.69) is 36.5 Å². The number of halogens is 1. The molecule has 2 fully saturated rings. The molecule has 218 valence electrons. The zero-order chi connectivity index (χ0) is 29.3. The predicted molar refractivity (Wildman–Crippen MR) is 162 cm³/mol. The zero-order valence-corrected chi connectivity index (χ0v) is 25.8. The Hall–Kier alpha value is -3.08. The molecule has 10 heteroatoms. The molecule has 0 spiro atoms. The van der Waals surface area contributed by atoms with Crippen LogP contribution in [0.4, 0.5) is 5.69 Å². The van der Waals surface area contributed by atoms with Gasteiger partial charge in [-0.2, -0.15) is 0 Å². The highest BCUT2D eigenvalue weighted by atomic mass is 79.9. The van der Waals surface area contributed by atoms with Gasteiger partial charge < -0.3 is 15.3 Å². The average molecular weight is 624 g/mol. The number of nitrogens with one attached hydrogen (secondary N) is 1. The highest BCUT2D eigenvalue weighted by Crippen LogP contribution is 2.31. The number of rotatable bonds is 9. The monoisotopic (exact) mass is 622 g/mol. The Morgan fingerprint density at radius 1 is 1.20 bits per heavy atom. The molecule has 2 aromatic carbocycles. The number of aliphatic hydroxyl groups is 1. The van der Waals surface area contributed by atoms with Crippen LogP contribution < -0.4 is 10.2 Å². The van der Waals surface area contributed by atoms with E-state index in [1.54, 1.807) is 10.7 Å². The third-order valence-electron chi connectivity index (χ3n) is 8.40. The number of anilines is 1. The van der Waals surface area contributed by atoms with Gasteiger partial charge in [0.15, 0.2) is 0 Å². The maximum absolute atomic E-state index is 13.5. The molecule has 2 amide bonds. The molecule has 9 nitrogen and oxygen atoms in total. The minimum absolute atomic E-state index is 0.0782. The van der Waals surface area contributed by atoms with Gasteiger partial charge in [-0.25, -0.2) is 4.68 Å². The fraction of sp³-hybridized carbons (Fsp3) is 0.484. The Balaban J connectivity index is 1.22. The van der Waals surface area contributed by atoms with Crippen LogP contribution in [0.25, 0.3) is 0 Å². The van der Waals surface area contributed by atoms with Crippen molar-refractivity contribution < 1.29 is 14.7 Å². The Kier molecular flexibility index (Phi) is 8.63. The van der Waals surface area contributed by atoms with E-state index < -0.39 is 11.6 Å². The van der Waals surface area contributed by atoms with Gasteiger partial charge in [0, 0.05) is 54.5 Å². The second-order valence-corrected chi connectivity index (χ2v) is 12.7. The van der Waals surface area contributed by atoms with Crippen LogP contribution in [0.2, 0.25) is 0 Å². The molecule has 1 atom stereocenters. The molecule has 2 aliphatic heterocycles. The summed E-state index contributed by atoms with van der Waals surface area (Å²) in [5.74, 6) is -0.0988. The summed E-state index contributed by atoms with van der Waals surface area (Å²) in [6, 6.07) is 10.9. The number of carbonyl (C=O) groups is 2. The van der Waals surface area contributed by atoms with Gasteiger partial charge in [0.05, 0.1) is 17.8 Å². The first kappa shape index (κ1) is 29.4. The molecule has 2 aliphatic rings. The van der Waals surface area contributed by atoms with Crippen molar-refractivity contribution in [2.45, 2.75) is 65.1 Å². The number of likely N-dealkylation sites (tertiary alicyclic amines) is 1. The smallest absolute Gasteiger partial charge is 0.252 e. The lowest BCUT2D eigenvalue weighted by atomic mass is 9.83. The Labute approximate surface area is 250 Å². The molecule has 41 heavy (non-hydrogen) atoms. The molecule has 2 saturated heterocycles. The fourth-order valence-corrected chi connectivity index (χ4v) is 6.59. The molecule has 0 radical (unpaired) electrons. The minimum Gasteiger partial charge on any atom is -0.387 e. The molecular formula is C31H39BrN6O3. The molecule has 2 N–H and O–H groups in total. The van der Waals surface area contributed by atoms with Crippen molar-refractivity contribution in [1.29, 1.82) is 0 Å². The topological polar surface area (TPSA) is 104 Å². The quantitative estimate of drug-likeness (QED) is 0.375. The lowest BCUT2D eigenvalue weighted by Gasteiger charge is -2.49. The van der Waals surface area contributed by atoms with Gasteiger partial charge >= 0.3 is 0 Å². The Morgan fingerprint density at radius 2 is 1.90 bits per heavy atom. The van der Waals surface area contributed by atoms with Crippen LogP contribution in [0.3, 0.4) is 0 Å². The first-order valence-electron chi connectivity index (χ1n) is 14.3. The van der Waals surface area contributed by atoms with Crippen LogP contribution in [-0.4, -0.2) is 74.6 Å². The first-order chi connectivity index (χ1) is 19.5. The van der Waals surface area contributed by atoms with E-state index >= 15 is 0 Å². The summed E-state index contributed by atoms with van der Waals surface area (Å²) in [6.07, 6.45) is 4.07. The maximum atomic E-state index is 13.5. The lowest BCUT2D eigenvalue weighted by Crippen LogP contribution is -2.64. The van der Waals surface area contributed by atoms with Crippen molar-refractivity contribution in [3.8, 4) is 0 Å². The van der Waals surface area contributed by atoms with E-state index in [1.165, 1.54) is 0 Å². The molecule has 0 aliphatic carbocycles. The predicted octanol–water partition coefficient (Wildman–Crippen LogP) is 3.88. The van der Waals surface area contributed by atoms with Gasteiger partial charge in [0.1, 0.15) is 6.04 Å². The van der Waals surface area contributed by atoms with Gasteiger partial charge in [-0.05, 0) is 67.5 Å². The van der Waals surface area contributed by atoms with E-state index in [-0.39, 0.29) is 17.7 Å². The van der Waals surface area contributed by atoms with Gasteiger partial charge in [0.25, 0.3) is 5.91 Å². The second kappa shape index (κ2) is 12.0. The molecule has 1 unspecified atom stereocenters. The largest absolute Gasteiger partial charge is 0.387 e. The Bertz CT molecular complexity index is 1410. The lowest BCUT2D eigenvalue weighted by molar-refractivity contribution is -0.126. The van der Waals surface area contributed by atoms with E-state index in [4.69, 9.17) is 0 Å². The van der Waals surface area contributed by atoms with Crippen molar-refractivity contribution in [2.75, 3.05) is 31.1 Å². The summed E-state index contributed by atoms with van der Waals surface area (Å²) in [7, 11) is 0. The zero-order valence-electron chi connectivity index (χ0n) is 24.2. The molecule has 5 rings (SSSR count). The van der Waals surface area contributed by atoms with Gasteiger partial charge in [0.2, 0.25) is 5.91 Å². The molecule has 3 heterocycles. The van der Waals surface area contributed by atoms with E-state index in [0.717, 1.165) is 51.9 Å². The molecule has 0 bridgehead atoms. The maximum Gasteiger partial charge on any atom is 0.252 e. The number of benzene rings is 2. The van der Waals surface area contributed by atoms with E-state index in [9.17, 15) is 14.7 Å². The van der Waals surface area contributed by atoms with Crippen LogP contribution in [0, 0.1) is 19.8 Å². The van der Waals surface area contributed by atoms with Crippen LogP contribution in [0.1, 0.15) is 59.4 Å². The number of hydrogen-bond acceptors (Lipinski definition) is 6. The van der Waals surface area contributed by atoms with Crippen molar-refractivity contribution in [1.82, 2.24) is 25.2 Å². The summed E-state index contributed by atoms with van der Waals surface area (Å²) < 4.78 is 2.73. The van der Waals surface area contributed by atoms with E-state index in [1.807, 2.05) is 69.1 Å². The average Bonchev–Trinajstić information content (AvgIpc) is 3.34. The van der Waals surface area contributed by atoms with Crippen molar-refractivity contribution in [3.05, 3.63) is 75.0 Å². The van der Waals surface area contributed by atoms with Crippen LogP contribution in [0.5, 0.6) is 0 Å². The third-order valence-corrected chi connectivity index (χ3v) is 8.86. The highest BCUT2D eigenvalue weighted by Gasteiger charge is 2.43. The van der Waals surface area contributed by atoms with Crippen LogP contribution in [0.15, 0.2) is 47.1 Å². The molecule has 0 saturated carbocycles. The first-order valence-corrected chi connectivity index (χ1v) is 15.1. The van der Waals surface area contributed by atoms with Crippen molar-refractivity contribution >= 4 is 33.4 Å². The summed E-state index contributed by atoms with van der Waals surface area (Å²) in [6.45, 7) is 11.3. The number of β-amino-alcohol motifs (C(OH)–C–C–N with tert-alkyl or cyclic N) is 1. The molecule has 1 aromatic heterocycles. The summed E-state index contributed by atoms with van der Waals surface area (Å²) in [5.41, 5.74) is 4.60. The molecule has 3 aromatic rings. The number of nitrogens with zero attached hydrogens (tertiary/aromatic N) is 5. The van der Waals surface area contributed by atoms with Gasteiger partial charge in [-0.3, -0.25) is 14.5 Å². The number of aryl methyl sites for hydroxylation is 2. The number of piperidine rings is 1. The Morgan fingerprint density at radius 3 is 2.61 bits per heavy atom. The number of aromatic nitrogens is 3. The number of carbonyl (C=O) groups excluding carboxylic acids is 2. The standard InChI is InChI=1S/C31H39BrN6O3/c1-20(2)31(41)18-36(19-31)13-11-25-17-37(35-34-25)16-23-8-5-6-9-26(23)29(39)33-27-10-7-12-38(30(27)40)28-21(3)14-24(32)15-22(28)4/h5-6,8-9,14-15,17,20,27,41H,7,10-13,16,18-19H2,1-4H3,(H,33,39). The van der Waals surface area contributed by atoms with Gasteiger partial charge in [-0.1, -0.05) is 53.2 Å². The van der Waals surface area contributed by atoms with Gasteiger partial charge in [-0.15, -0.1) is 5.10 Å². The minimum atomic E-state index is -0.584. The van der Waals surface area contributed by atoms with E-state index in [0.29, 0.717) is 38.2 Å². The summed E-state index contributed by atoms with van der Waals surface area (Å²) in [5, 5.41) is 22.1. The van der Waals surface area contributed by atoms with Crippen LogP contribution >= 0.6 is 15.9 Å². The van der Waals surface area contributed by atoms with Crippen LogP contribution in [-0.2, 0) is 17.8 Å². The fourth-order valence-electron chi connectivity index (χ4n) is 5.90. The molecular weight excluding hydrogens is 584 g/mol. The highest BCUT2D eigenvalue weighted by molar-refractivity contribution is 9.10. The normalized spacial score (nSPS) is 19.0. The second-order valence-electron chi connectivity index (χ2n) is 11.8. The number of amides is 2. The van der Waals surface area contributed by atoms with Crippen molar-refractivity contribution in [3.63, 3.8) is 0 Å².